The Morgan fingerprint density at radius 1 is 1.46 bits per heavy atom. The molecule has 1 aliphatic heterocycles. The summed E-state index contributed by atoms with van der Waals surface area (Å²) < 4.78 is 6.86. The fraction of sp³-hybridized carbons (Fsp3) is 0.500. The van der Waals surface area contributed by atoms with Gasteiger partial charge in [0.05, 0.1) is 23.4 Å². The van der Waals surface area contributed by atoms with Gasteiger partial charge in [0.2, 0.25) is 0 Å². The molecule has 1 amide bonds. The van der Waals surface area contributed by atoms with Gasteiger partial charge in [-0.1, -0.05) is 11.6 Å². The van der Waals surface area contributed by atoms with Crippen LogP contribution in [0.4, 0.5) is 0 Å². The quantitative estimate of drug-likeness (QED) is 0.823. The molecule has 1 saturated heterocycles. The van der Waals surface area contributed by atoms with E-state index in [4.69, 9.17) is 16.3 Å². The maximum absolute atomic E-state index is 13.0. The Balaban J connectivity index is 0.00000243. The molecular formula is C16H22Cl2N6O2. The third kappa shape index (κ3) is 4.25. The number of tetrazole rings is 1. The number of benzene rings is 1. The SMILES string of the molecule is CNCC1CCCN(C(=O)c2cc(Cl)c(-n3cnnn3)cc2OC)C1.Cl. The molecule has 10 heteroatoms. The number of carbonyl (C=O) groups is 1. The Bertz CT molecular complexity index is 739. The van der Waals surface area contributed by atoms with E-state index in [0.29, 0.717) is 27.9 Å². The lowest BCUT2D eigenvalue weighted by molar-refractivity contribution is 0.0671. The Morgan fingerprint density at radius 2 is 2.27 bits per heavy atom. The number of rotatable bonds is 5. The van der Waals surface area contributed by atoms with Gasteiger partial charge in [0, 0.05) is 19.2 Å². The summed E-state index contributed by atoms with van der Waals surface area (Å²) >= 11 is 6.36. The summed E-state index contributed by atoms with van der Waals surface area (Å²) in [5, 5.41) is 14.6. The summed E-state index contributed by atoms with van der Waals surface area (Å²) in [5.41, 5.74) is 1.02. The lowest BCUT2D eigenvalue weighted by atomic mass is 9.97. The molecular weight excluding hydrogens is 379 g/mol. The van der Waals surface area contributed by atoms with Crippen molar-refractivity contribution in [3.05, 3.63) is 29.0 Å². The van der Waals surface area contributed by atoms with Crippen LogP contribution in [0.3, 0.4) is 0 Å². The number of amides is 1. The van der Waals surface area contributed by atoms with Crippen LogP contribution in [0.5, 0.6) is 5.75 Å². The van der Waals surface area contributed by atoms with Crippen molar-refractivity contribution >= 4 is 29.9 Å². The number of hydrogen-bond acceptors (Lipinski definition) is 6. The van der Waals surface area contributed by atoms with Crippen molar-refractivity contribution in [3.63, 3.8) is 0 Å². The molecule has 2 aromatic rings. The minimum atomic E-state index is -0.0668. The predicted octanol–water partition coefficient (Wildman–Crippen LogP) is 1.82. The standard InChI is InChI=1S/C16H21ClN6O2.ClH/c1-18-8-11-4-3-5-22(9-11)16(24)12-6-13(17)14(7-15(12)25-2)23-10-19-20-21-23;/h6-7,10-11,18H,3-5,8-9H2,1-2H3;1H. The van der Waals surface area contributed by atoms with Gasteiger partial charge in [0.1, 0.15) is 12.1 Å². The third-order valence-electron chi connectivity index (χ3n) is 4.39. The minimum absolute atomic E-state index is 0. The van der Waals surface area contributed by atoms with E-state index in [1.165, 1.54) is 18.1 Å². The highest BCUT2D eigenvalue weighted by atomic mass is 35.5. The monoisotopic (exact) mass is 400 g/mol. The molecule has 3 rings (SSSR count). The first-order chi connectivity index (χ1) is 12.1. The summed E-state index contributed by atoms with van der Waals surface area (Å²) in [6, 6.07) is 3.31. The van der Waals surface area contributed by atoms with Gasteiger partial charge in [-0.15, -0.1) is 17.5 Å². The Morgan fingerprint density at radius 3 is 2.92 bits per heavy atom. The number of carbonyl (C=O) groups excluding carboxylic acids is 1. The molecule has 1 aromatic heterocycles. The van der Waals surface area contributed by atoms with Crippen molar-refractivity contribution in [3.8, 4) is 11.4 Å². The Labute approximate surface area is 163 Å². The second-order valence-electron chi connectivity index (χ2n) is 6.08. The number of halogens is 2. The topological polar surface area (TPSA) is 85.2 Å². The van der Waals surface area contributed by atoms with Gasteiger partial charge >= 0.3 is 0 Å². The molecule has 0 saturated carbocycles. The van der Waals surface area contributed by atoms with Crippen LogP contribution >= 0.6 is 24.0 Å². The van der Waals surface area contributed by atoms with Crippen LogP contribution in [0, 0.1) is 5.92 Å². The summed E-state index contributed by atoms with van der Waals surface area (Å²) in [7, 11) is 3.46. The van der Waals surface area contributed by atoms with Crippen molar-refractivity contribution in [2.45, 2.75) is 12.8 Å². The Kier molecular flexibility index (Phi) is 7.19. The number of hydrogen-bond donors (Lipinski definition) is 1. The van der Waals surface area contributed by atoms with Gasteiger partial charge in [0.15, 0.2) is 0 Å². The highest BCUT2D eigenvalue weighted by molar-refractivity contribution is 6.33. The van der Waals surface area contributed by atoms with E-state index in [-0.39, 0.29) is 18.3 Å². The molecule has 2 heterocycles. The molecule has 1 N–H and O–H groups in total. The molecule has 1 atom stereocenters. The van der Waals surface area contributed by atoms with Crippen molar-refractivity contribution in [1.29, 1.82) is 0 Å². The van der Waals surface area contributed by atoms with Crippen LogP contribution in [0.15, 0.2) is 18.5 Å². The summed E-state index contributed by atoms with van der Waals surface area (Å²) in [4.78, 5) is 14.9. The molecule has 1 aliphatic rings. The first-order valence-corrected chi connectivity index (χ1v) is 8.56. The lowest BCUT2D eigenvalue weighted by Crippen LogP contribution is -2.42. The normalized spacial score (nSPS) is 16.9. The Hall–Kier alpha value is -1.90. The number of likely N-dealkylation sites (tertiary alicyclic amines) is 1. The van der Waals surface area contributed by atoms with Gasteiger partial charge in [-0.05, 0) is 48.8 Å². The van der Waals surface area contributed by atoms with E-state index in [9.17, 15) is 4.79 Å². The van der Waals surface area contributed by atoms with Crippen molar-refractivity contribution in [2.75, 3.05) is 33.8 Å². The second-order valence-corrected chi connectivity index (χ2v) is 6.48. The minimum Gasteiger partial charge on any atom is -0.496 e. The molecule has 142 valence electrons. The molecule has 1 fully saturated rings. The summed E-state index contributed by atoms with van der Waals surface area (Å²) in [5.74, 6) is 0.850. The average molecular weight is 401 g/mol. The number of methoxy groups -OCH3 is 1. The van der Waals surface area contributed by atoms with Crippen molar-refractivity contribution < 1.29 is 9.53 Å². The van der Waals surface area contributed by atoms with Crippen molar-refractivity contribution in [1.82, 2.24) is 30.4 Å². The molecule has 1 unspecified atom stereocenters. The molecule has 0 bridgehead atoms. The van der Waals surface area contributed by atoms with Crippen LogP contribution in [0.1, 0.15) is 23.2 Å². The molecule has 1 aromatic carbocycles. The fourth-order valence-electron chi connectivity index (χ4n) is 3.20. The highest BCUT2D eigenvalue weighted by Gasteiger charge is 2.27. The maximum Gasteiger partial charge on any atom is 0.257 e. The first kappa shape index (κ1) is 20.4. The number of aromatic nitrogens is 4. The number of nitrogens with one attached hydrogen (secondary N) is 1. The van der Waals surface area contributed by atoms with Crippen LogP contribution in [0.2, 0.25) is 5.02 Å². The molecule has 8 nitrogen and oxygen atoms in total. The zero-order chi connectivity index (χ0) is 17.8. The smallest absolute Gasteiger partial charge is 0.257 e. The number of piperidine rings is 1. The maximum atomic E-state index is 13.0. The fourth-order valence-corrected chi connectivity index (χ4v) is 3.45. The summed E-state index contributed by atoms with van der Waals surface area (Å²) in [6.07, 6.45) is 3.56. The van der Waals surface area contributed by atoms with Crippen LogP contribution in [0.25, 0.3) is 5.69 Å². The summed E-state index contributed by atoms with van der Waals surface area (Å²) in [6.45, 7) is 2.38. The van der Waals surface area contributed by atoms with Gasteiger partial charge in [-0.3, -0.25) is 4.79 Å². The molecule has 0 aliphatic carbocycles. The highest BCUT2D eigenvalue weighted by Crippen LogP contribution is 2.31. The lowest BCUT2D eigenvalue weighted by Gasteiger charge is -2.33. The second kappa shape index (κ2) is 9.16. The van der Waals surface area contributed by atoms with Gasteiger partial charge in [0.25, 0.3) is 5.91 Å². The van der Waals surface area contributed by atoms with Gasteiger partial charge in [-0.25, -0.2) is 0 Å². The first-order valence-electron chi connectivity index (χ1n) is 8.18. The van der Waals surface area contributed by atoms with Gasteiger partial charge in [-0.2, -0.15) is 4.68 Å². The van der Waals surface area contributed by atoms with Crippen molar-refractivity contribution in [2.24, 2.45) is 5.92 Å². The predicted molar refractivity (Wildman–Crippen MR) is 101 cm³/mol. The molecule has 26 heavy (non-hydrogen) atoms. The van der Waals surface area contributed by atoms with Gasteiger partial charge < -0.3 is 15.0 Å². The van der Waals surface area contributed by atoms with E-state index < -0.39 is 0 Å². The third-order valence-corrected chi connectivity index (χ3v) is 4.70. The number of nitrogens with zero attached hydrogens (tertiary/aromatic N) is 5. The van der Waals surface area contributed by atoms with E-state index in [0.717, 1.165) is 32.5 Å². The van der Waals surface area contributed by atoms with Crippen LogP contribution in [-0.4, -0.2) is 64.8 Å². The number of ether oxygens (including phenoxy) is 1. The van der Waals surface area contributed by atoms with E-state index in [1.807, 2.05) is 11.9 Å². The molecule has 0 radical (unpaired) electrons. The van der Waals surface area contributed by atoms with E-state index >= 15 is 0 Å². The van der Waals surface area contributed by atoms with Crippen LogP contribution in [-0.2, 0) is 0 Å². The zero-order valence-electron chi connectivity index (χ0n) is 14.7. The average Bonchev–Trinajstić information content (AvgIpc) is 3.16. The van der Waals surface area contributed by atoms with E-state index in [2.05, 4.69) is 20.8 Å². The zero-order valence-corrected chi connectivity index (χ0v) is 16.3. The molecule has 0 spiro atoms. The van der Waals surface area contributed by atoms with E-state index in [1.54, 1.807) is 12.1 Å². The largest absolute Gasteiger partial charge is 0.496 e. The van der Waals surface area contributed by atoms with Crippen LogP contribution < -0.4 is 10.1 Å².